The van der Waals surface area contributed by atoms with Gasteiger partial charge >= 0.3 is 0 Å². The number of benzene rings is 3. The molecule has 1 heterocycles. The predicted octanol–water partition coefficient (Wildman–Crippen LogP) is 4.58. The first-order chi connectivity index (χ1) is 15.1. The molecule has 31 heavy (non-hydrogen) atoms. The Bertz CT molecular complexity index is 1160. The summed E-state index contributed by atoms with van der Waals surface area (Å²) < 4.78 is 22.1. The summed E-state index contributed by atoms with van der Waals surface area (Å²) in [5.41, 5.74) is 1.66. The molecule has 0 atom stereocenters. The zero-order valence-corrected chi connectivity index (χ0v) is 17.1. The van der Waals surface area contributed by atoms with Gasteiger partial charge in [-0.15, -0.1) is 0 Å². The topological polar surface area (TPSA) is 71.1 Å². The molecule has 0 saturated heterocycles. The van der Waals surface area contributed by atoms with Gasteiger partial charge in [0.25, 0.3) is 0 Å². The number of ether oxygens (including phenoxy) is 4. The third-order valence-electron chi connectivity index (χ3n) is 4.83. The summed E-state index contributed by atoms with van der Waals surface area (Å²) in [5.74, 6) is 1.67. The van der Waals surface area contributed by atoms with Gasteiger partial charge < -0.3 is 18.9 Å². The van der Waals surface area contributed by atoms with Gasteiger partial charge in [0, 0.05) is 17.2 Å². The molecule has 1 aliphatic heterocycles. The Morgan fingerprint density at radius 1 is 0.968 bits per heavy atom. The van der Waals surface area contributed by atoms with E-state index in [4.69, 9.17) is 18.9 Å². The monoisotopic (exact) mass is 416 g/mol. The maximum Gasteiger partial charge on any atom is 0.231 e. The van der Waals surface area contributed by atoms with Crippen molar-refractivity contribution in [1.82, 2.24) is 0 Å². The van der Waals surface area contributed by atoms with Gasteiger partial charge in [0.2, 0.25) is 5.78 Å². The highest BCUT2D eigenvalue weighted by Gasteiger charge is 2.28. The normalized spacial score (nSPS) is 13.5. The second-order valence-electron chi connectivity index (χ2n) is 6.76. The molecule has 0 amide bonds. The van der Waals surface area contributed by atoms with Gasteiger partial charge in [0.1, 0.15) is 11.5 Å². The smallest absolute Gasteiger partial charge is 0.231 e. The highest BCUT2D eigenvalue weighted by atomic mass is 16.5. The molecule has 3 aromatic carbocycles. The van der Waals surface area contributed by atoms with Crippen LogP contribution in [0.1, 0.15) is 26.3 Å². The van der Waals surface area contributed by atoms with Crippen LogP contribution in [-0.2, 0) is 0 Å². The number of carbonyl (C=O) groups excluding carboxylic acids is 2. The fourth-order valence-corrected chi connectivity index (χ4v) is 3.28. The molecule has 156 valence electrons. The first-order valence-corrected chi connectivity index (χ1v) is 9.61. The fraction of sp³-hybridized carbons (Fsp3) is 0.120. The van der Waals surface area contributed by atoms with Crippen LogP contribution < -0.4 is 18.9 Å². The average Bonchev–Trinajstić information content (AvgIpc) is 3.12. The van der Waals surface area contributed by atoms with Crippen molar-refractivity contribution in [1.29, 1.82) is 0 Å². The first-order valence-electron chi connectivity index (χ1n) is 9.61. The maximum absolute atomic E-state index is 12.8. The maximum atomic E-state index is 12.8. The van der Waals surface area contributed by atoms with Crippen LogP contribution in [0.5, 0.6) is 23.0 Å². The van der Waals surface area contributed by atoms with Crippen LogP contribution in [0.3, 0.4) is 0 Å². The van der Waals surface area contributed by atoms with Crippen LogP contribution in [0.15, 0.2) is 72.5 Å². The Morgan fingerprint density at radius 3 is 2.52 bits per heavy atom. The van der Waals surface area contributed by atoms with Gasteiger partial charge in [-0.3, -0.25) is 9.59 Å². The van der Waals surface area contributed by atoms with Crippen molar-refractivity contribution in [2.45, 2.75) is 0 Å². The summed E-state index contributed by atoms with van der Waals surface area (Å²) in [6.45, 7) is -0.111. The zero-order valence-electron chi connectivity index (χ0n) is 17.1. The molecule has 0 N–H and O–H groups in total. The van der Waals surface area contributed by atoms with Crippen molar-refractivity contribution < 1.29 is 28.5 Å². The number of Topliss-reactive ketones (excluding diaryl/α,β-unsaturated/α-hetero) is 2. The number of carbonyl (C=O) groups is 2. The lowest BCUT2D eigenvalue weighted by atomic mass is 10.1. The molecule has 0 saturated carbocycles. The molecular formula is C25H20O6. The van der Waals surface area contributed by atoms with Crippen LogP contribution >= 0.6 is 0 Å². The molecule has 0 unspecified atom stereocenters. The highest BCUT2D eigenvalue weighted by Crippen LogP contribution is 2.37. The Kier molecular flexibility index (Phi) is 5.71. The minimum Gasteiger partial charge on any atom is -0.493 e. The molecule has 0 spiro atoms. The summed E-state index contributed by atoms with van der Waals surface area (Å²) in [6, 6.07) is 19.2. The van der Waals surface area contributed by atoms with Crippen molar-refractivity contribution in [2.75, 3.05) is 20.8 Å². The highest BCUT2D eigenvalue weighted by molar-refractivity contribution is 6.14. The second-order valence-corrected chi connectivity index (χ2v) is 6.76. The van der Waals surface area contributed by atoms with E-state index >= 15 is 0 Å². The molecule has 6 nitrogen and oxygen atoms in total. The van der Waals surface area contributed by atoms with Crippen LogP contribution in [0.4, 0.5) is 0 Å². The van der Waals surface area contributed by atoms with E-state index in [0.29, 0.717) is 39.7 Å². The number of methoxy groups -OCH3 is 2. The molecule has 6 heteroatoms. The molecule has 4 rings (SSSR count). The number of ketones is 2. The van der Waals surface area contributed by atoms with Crippen molar-refractivity contribution >= 4 is 17.6 Å². The van der Waals surface area contributed by atoms with E-state index in [-0.39, 0.29) is 23.9 Å². The summed E-state index contributed by atoms with van der Waals surface area (Å²) >= 11 is 0. The molecule has 0 bridgehead atoms. The number of hydrogen-bond donors (Lipinski definition) is 0. The lowest BCUT2D eigenvalue weighted by Crippen LogP contribution is -2.11. The number of para-hydroxylation sites is 1. The third kappa shape index (κ3) is 4.14. The Labute approximate surface area is 179 Å². The largest absolute Gasteiger partial charge is 0.493 e. The van der Waals surface area contributed by atoms with Gasteiger partial charge in [0.05, 0.1) is 19.8 Å². The van der Waals surface area contributed by atoms with Gasteiger partial charge in [-0.25, -0.2) is 0 Å². The Balaban J connectivity index is 1.52. The molecule has 1 aliphatic rings. The third-order valence-corrected chi connectivity index (χ3v) is 4.83. The Morgan fingerprint density at radius 2 is 1.77 bits per heavy atom. The van der Waals surface area contributed by atoms with Crippen LogP contribution in [0.2, 0.25) is 0 Å². The van der Waals surface area contributed by atoms with Crippen LogP contribution in [-0.4, -0.2) is 32.4 Å². The number of rotatable bonds is 7. The molecule has 0 aromatic heterocycles. The van der Waals surface area contributed by atoms with Crippen molar-refractivity contribution in [3.63, 3.8) is 0 Å². The quantitative estimate of drug-likeness (QED) is 0.415. The lowest BCUT2D eigenvalue weighted by Gasteiger charge is -2.10. The fourth-order valence-electron chi connectivity index (χ4n) is 3.28. The van der Waals surface area contributed by atoms with E-state index in [0.717, 1.165) is 0 Å². The molecule has 3 aromatic rings. The van der Waals surface area contributed by atoms with E-state index in [9.17, 15) is 9.59 Å². The number of fused-ring (bicyclic) bond motifs is 1. The molecular weight excluding hydrogens is 396 g/mol. The van der Waals surface area contributed by atoms with E-state index in [1.165, 1.54) is 7.11 Å². The SMILES string of the molecule is COc1cccc(/C=C2\Oc3cc(OCC(=O)c4ccccc4)ccc3C2=O)c1OC. The summed E-state index contributed by atoms with van der Waals surface area (Å²) in [5, 5.41) is 0. The summed E-state index contributed by atoms with van der Waals surface area (Å²) in [6.07, 6.45) is 1.61. The number of allylic oxidation sites excluding steroid dienone is 1. The van der Waals surface area contributed by atoms with Gasteiger partial charge in [-0.1, -0.05) is 42.5 Å². The van der Waals surface area contributed by atoms with Crippen LogP contribution in [0.25, 0.3) is 6.08 Å². The summed E-state index contributed by atoms with van der Waals surface area (Å²) in [7, 11) is 3.08. The van der Waals surface area contributed by atoms with Gasteiger partial charge in [-0.05, 0) is 24.3 Å². The zero-order chi connectivity index (χ0) is 21.8. The molecule has 0 fully saturated rings. The number of hydrogen-bond acceptors (Lipinski definition) is 6. The van der Waals surface area contributed by atoms with Crippen molar-refractivity contribution in [3.8, 4) is 23.0 Å². The minimum atomic E-state index is -0.244. The van der Waals surface area contributed by atoms with E-state index in [2.05, 4.69) is 0 Å². The molecule has 0 aliphatic carbocycles. The Hall–Kier alpha value is -4.06. The van der Waals surface area contributed by atoms with Crippen LogP contribution in [0, 0.1) is 0 Å². The van der Waals surface area contributed by atoms with Crippen molar-refractivity contribution in [2.24, 2.45) is 0 Å². The van der Waals surface area contributed by atoms with E-state index in [1.807, 2.05) is 6.07 Å². The average molecular weight is 416 g/mol. The van der Waals surface area contributed by atoms with E-state index < -0.39 is 0 Å². The predicted molar refractivity (Wildman–Crippen MR) is 115 cm³/mol. The van der Waals surface area contributed by atoms with E-state index in [1.54, 1.807) is 73.8 Å². The summed E-state index contributed by atoms with van der Waals surface area (Å²) in [4.78, 5) is 25.0. The first kappa shape index (κ1) is 20.2. The van der Waals surface area contributed by atoms with Gasteiger partial charge in [0.15, 0.2) is 29.6 Å². The minimum absolute atomic E-state index is 0.111. The standard InChI is InChI=1S/C25H20O6/c1-28-21-10-6-9-17(25(21)29-2)13-23-24(27)19-12-11-18(14-22(19)31-23)30-15-20(26)16-7-4-3-5-8-16/h3-14H,15H2,1-2H3/b23-13-. The molecule has 0 radical (unpaired) electrons. The van der Waals surface area contributed by atoms with Gasteiger partial charge in [-0.2, -0.15) is 0 Å². The van der Waals surface area contributed by atoms with Crippen molar-refractivity contribution in [3.05, 3.63) is 89.2 Å². The second kappa shape index (κ2) is 8.75. The lowest BCUT2D eigenvalue weighted by molar-refractivity contribution is 0.0921.